The molecule has 2 aromatic rings. The first kappa shape index (κ1) is 19.0. The number of rotatable bonds is 6. The molecule has 0 saturated carbocycles. The van der Waals surface area contributed by atoms with Crippen LogP contribution in [0, 0.1) is 5.41 Å². The van der Waals surface area contributed by atoms with Gasteiger partial charge in [-0.05, 0) is 35.4 Å². The number of benzene rings is 1. The van der Waals surface area contributed by atoms with Gasteiger partial charge in [-0.15, -0.1) is 11.3 Å². The molecular formula is C19H25ClN2OS. The molecule has 0 spiro atoms. The summed E-state index contributed by atoms with van der Waals surface area (Å²) in [5.41, 5.74) is 0.956. The van der Waals surface area contributed by atoms with E-state index < -0.39 is 0 Å². The zero-order chi connectivity index (χ0) is 17.7. The summed E-state index contributed by atoms with van der Waals surface area (Å²) in [6.45, 7) is 8.74. The summed E-state index contributed by atoms with van der Waals surface area (Å²) in [5, 5.41) is 9.14. The first-order chi connectivity index (χ1) is 11.3. The summed E-state index contributed by atoms with van der Waals surface area (Å²) >= 11 is 7.90. The van der Waals surface area contributed by atoms with Gasteiger partial charge in [0, 0.05) is 15.9 Å². The number of carbonyl (C=O) groups excluding carboxylic acids is 1. The van der Waals surface area contributed by atoms with Crippen molar-refractivity contribution in [2.75, 3.05) is 6.54 Å². The third-order valence-corrected chi connectivity index (χ3v) is 5.19. The van der Waals surface area contributed by atoms with Crippen LogP contribution in [0.2, 0.25) is 5.02 Å². The molecule has 5 heteroatoms. The van der Waals surface area contributed by atoms with Crippen molar-refractivity contribution < 1.29 is 4.79 Å². The topological polar surface area (TPSA) is 41.1 Å². The highest BCUT2D eigenvalue weighted by atomic mass is 35.5. The second kappa shape index (κ2) is 8.15. The Balaban J connectivity index is 1.95. The fourth-order valence-electron chi connectivity index (χ4n) is 2.68. The van der Waals surface area contributed by atoms with E-state index >= 15 is 0 Å². The molecule has 1 aromatic heterocycles. The molecule has 0 bridgehead atoms. The first-order valence-electron chi connectivity index (χ1n) is 8.09. The molecule has 1 heterocycles. The molecule has 1 amide bonds. The lowest BCUT2D eigenvalue weighted by Crippen LogP contribution is -2.40. The Morgan fingerprint density at radius 3 is 2.50 bits per heavy atom. The fraction of sp³-hybridized carbons (Fsp3) is 0.421. The lowest BCUT2D eigenvalue weighted by molar-refractivity contribution is -0.121. The molecular weight excluding hydrogens is 340 g/mol. The van der Waals surface area contributed by atoms with Crippen molar-refractivity contribution in [2.45, 2.75) is 39.8 Å². The van der Waals surface area contributed by atoms with Gasteiger partial charge in [-0.2, -0.15) is 0 Å². The van der Waals surface area contributed by atoms with Gasteiger partial charge in [0.1, 0.15) is 0 Å². The van der Waals surface area contributed by atoms with Gasteiger partial charge in [0.15, 0.2) is 0 Å². The molecule has 2 unspecified atom stereocenters. The number of hydrogen-bond donors (Lipinski definition) is 2. The van der Waals surface area contributed by atoms with Gasteiger partial charge in [-0.1, -0.05) is 56.6 Å². The van der Waals surface area contributed by atoms with Crippen LogP contribution in [-0.4, -0.2) is 12.5 Å². The number of amides is 1. The third kappa shape index (κ3) is 5.07. The highest BCUT2D eigenvalue weighted by Crippen LogP contribution is 2.34. The number of thiophene rings is 1. The number of halogens is 1. The molecule has 2 atom stereocenters. The van der Waals surface area contributed by atoms with Gasteiger partial charge in [-0.3, -0.25) is 4.79 Å². The van der Waals surface area contributed by atoms with Gasteiger partial charge < -0.3 is 10.6 Å². The Morgan fingerprint density at radius 2 is 1.92 bits per heavy atom. The Bertz CT molecular complexity index is 664. The van der Waals surface area contributed by atoms with Crippen molar-refractivity contribution in [2.24, 2.45) is 5.41 Å². The van der Waals surface area contributed by atoms with Crippen LogP contribution in [-0.2, 0) is 4.79 Å². The molecule has 2 N–H and O–H groups in total. The molecule has 0 radical (unpaired) electrons. The standard InChI is InChI=1S/C19H25ClN2OS/c1-13(14-8-5-6-9-15(14)20)22-17(23)12-21-18(19(2,3)4)16-10-7-11-24-16/h5-11,13,18,21H,12H2,1-4H3,(H,22,23). The van der Waals surface area contributed by atoms with Crippen molar-refractivity contribution in [1.29, 1.82) is 0 Å². The minimum atomic E-state index is -0.122. The van der Waals surface area contributed by atoms with Gasteiger partial charge in [0.25, 0.3) is 0 Å². The van der Waals surface area contributed by atoms with E-state index in [-0.39, 0.29) is 30.0 Å². The van der Waals surface area contributed by atoms with E-state index in [4.69, 9.17) is 11.6 Å². The summed E-state index contributed by atoms with van der Waals surface area (Å²) in [5.74, 6) is -0.0341. The normalized spacial score (nSPS) is 14.2. The minimum Gasteiger partial charge on any atom is -0.348 e. The first-order valence-corrected chi connectivity index (χ1v) is 9.35. The molecule has 1 aromatic carbocycles. The molecule has 0 aliphatic rings. The van der Waals surface area contributed by atoms with Gasteiger partial charge in [-0.25, -0.2) is 0 Å². The van der Waals surface area contributed by atoms with Gasteiger partial charge >= 0.3 is 0 Å². The maximum absolute atomic E-state index is 12.3. The van der Waals surface area contributed by atoms with Crippen LogP contribution in [0.15, 0.2) is 41.8 Å². The average Bonchev–Trinajstić information content (AvgIpc) is 3.00. The van der Waals surface area contributed by atoms with Crippen LogP contribution in [0.5, 0.6) is 0 Å². The van der Waals surface area contributed by atoms with E-state index in [0.29, 0.717) is 5.02 Å². The monoisotopic (exact) mass is 364 g/mol. The smallest absolute Gasteiger partial charge is 0.234 e. The lowest BCUT2D eigenvalue weighted by atomic mass is 9.86. The highest BCUT2D eigenvalue weighted by Gasteiger charge is 2.27. The van der Waals surface area contributed by atoms with Crippen LogP contribution in [0.3, 0.4) is 0 Å². The Morgan fingerprint density at radius 1 is 1.21 bits per heavy atom. The summed E-state index contributed by atoms with van der Waals surface area (Å²) in [7, 11) is 0. The van der Waals surface area contributed by atoms with Gasteiger partial charge in [0.2, 0.25) is 5.91 Å². The Labute approximate surface area is 153 Å². The maximum Gasteiger partial charge on any atom is 0.234 e. The highest BCUT2D eigenvalue weighted by molar-refractivity contribution is 7.10. The zero-order valence-electron chi connectivity index (χ0n) is 14.6. The molecule has 2 rings (SSSR count). The van der Waals surface area contributed by atoms with Crippen molar-refractivity contribution >= 4 is 28.8 Å². The van der Waals surface area contributed by atoms with Crippen molar-refractivity contribution in [3.05, 3.63) is 57.2 Å². The van der Waals surface area contributed by atoms with E-state index in [1.54, 1.807) is 11.3 Å². The van der Waals surface area contributed by atoms with Crippen LogP contribution in [0.4, 0.5) is 0 Å². The van der Waals surface area contributed by atoms with E-state index in [2.05, 4.69) is 42.9 Å². The Kier molecular flexibility index (Phi) is 6.44. The molecule has 0 saturated heterocycles. The number of carbonyl (C=O) groups is 1. The SMILES string of the molecule is CC(NC(=O)CNC(c1cccs1)C(C)(C)C)c1ccccc1Cl. The average molecular weight is 365 g/mol. The predicted molar refractivity (Wildman–Crippen MR) is 103 cm³/mol. The molecule has 0 fully saturated rings. The molecule has 0 aliphatic carbocycles. The van der Waals surface area contributed by atoms with E-state index in [1.165, 1.54) is 4.88 Å². The van der Waals surface area contributed by atoms with Crippen LogP contribution >= 0.6 is 22.9 Å². The zero-order valence-corrected chi connectivity index (χ0v) is 16.2. The van der Waals surface area contributed by atoms with Crippen LogP contribution in [0.1, 0.15) is 50.2 Å². The van der Waals surface area contributed by atoms with Crippen LogP contribution < -0.4 is 10.6 Å². The second-order valence-electron chi connectivity index (χ2n) is 7.01. The van der Waals surface area contributed by atoms with Crippen molar-refractivity contribution in [1.82, 2.24) is 10.6 Å². The molecule has 24 heavy (non-hydrogen) atoms. The maximum atomic E-state index is 12.3. The summed E-state index contributed by atoms with van der Waals surface area (Å²) in [4.78, 5) is 13.6. The van der Waals surface area contributed by atoms with Crippen LogP contribution in [0.25, 0.3) is 0 Å². The summed E-state index contributed by atoms with van der Waals surface area (Å²) < 4.78 is 0. The summed E-state index contributed by atoms with van der Waals surface area (Å²) in [6.07, 6.45) is 0. The van der Waals surface area contributed by atoms with Crippen molar-refractivity contribution in [3.63, 3.8) is 0 Å². The fourth-order valence-corrected chi connectivity index (χ4v) is 4.02. The number of nitrogens with one attached hydrogen (secondary N) is 2. The van der Waals surface area contributed by atoms with E-state index in [0.717, 1.165) is 5.56 Å². The quantitative estimate of drug-likeness (QED) is 0.760. The predicted octanol–water partition coefficient (Wildman–Crippen LogP) is 4.96. The molecule has 130 valence electrons. The lowest BCUT2D eigenvalue weighted by Gasteiger charge is -2.31. The third-order valence-electron chi connectivity index (χ3n) is 3.91. The molecule has 0 aliphatic heterocycles. The van der Waals surface area contributed by atoms with E-state index in [9.17, 15) is 4.79 Å². The second-order valence-corrected chi connectivity index (χ2v) is 8.39. The largest absolute Gasteiger partial charge is 0.348 e. The minimum absolute atomic E-state index is 0.0273. The number of hydrogen-bond acceptors (Lipinski definition) is 3. The molecule has 3 nitrogen and oxygen atoms in total. The Hall–Kier alpha value is -1.36. The van der Waals surface area contributed by atoms with Crippen molar-refractivity contribution in [3.8, 4) is 0 Å². The summed E-state index contributed by atoms with van der Waals surface area (Å²) in [6, 6.07) is 11.7. The van der Waals surface area contributed by atoms with E-state index in [1.807, 2.05) is 37.3 Å². The van der Waals surface area contributed by atoms with Gasteiger partial charge in [0.05, 0.1) is 12.6 Å².